The van der Waals surface area contributed by atoms with Crippen LogP contribution in [0.3, 0.4) is 0 Å². The van der Waals surface area contributed by atoms with Gasteiger partial charge in [0, 0.05) is 10.6 Å². The Bertz CT molecular complexity index is 357. The summed E-state index contributed by atoms with van der Waals surface area (Å²) >= 11 is 1.22. The number of halogens is 1. The van der Waals surface area contributed by atoms with E-state index in [0.29, 0.717) is 10.6 Å². The van der Waals surface area contributed by atoms with Gasteiger partial charge in [0.05, 0.1) is 5.25 Å². The number of carbonyl (C=O) groups excluding carboxylic acids is 1. The fraction of sp³-hybridized carbons (Fsp3) is 0.222. The first-order valence-corrected chi connectivity index (χ1v) is 4.89. The quantitative estimate of drug-likeness (QED) is 0.590. The summed E-state index contributed by atoms with van der Waals surface area (Å²) in [6.07, 6.45) is 0. The van der Waals surface area contributed by atoms with E-state index in [1.54, 1.807) is 6.92 Å². The standard InChI is InChI=1S/C9H11FN2OS/c1-5(9(12)13)14-8-3-2-6(10)4-7(8)11/h2-5H,11H2,1H3,(H2,12,13). The van der Waals surface area contributed by atoms with Gasteiger partial charge in [-0.2, -0.15) is 0 Å². The van der Waals surface area contributed by atoms with Crippen molar-refractivity contribution in [3.63, 3.8) is 0 Å². The van der Waals surface area contributed by atoms with Crippen molar-refractivity contribution in [1.82, 2.24) is 0 Å². The van der Waals surface area contributed by atoms with Gasteiger partial charge >= 0.3 is 0 Å². The van der Waals surface area contributed by atoms with Crippen molar-refractivity contribution in [3.05, 3.63) is 24.0 Å². The van der Waals surface area contributed by atoms with Crippen molar-refractivity contribution in [1.29, 1.82) is 0 Å². The van der Waals surface area contributed by atoms with Crippen LogP contribution in [0.4, 0.5) is 10.1 Å². The zero-order valence-corrected chi connectivity index (χ0v) is 8.48. The molecule has 1 rings (SSSR count). The van der Waals surface area contributed by atoms with Crippen LogP contribution >= 0.6 is 11.8 Å². The molecule has 0 heterocycles. The Labute approximate surface area is 85.7 Å². The summed E-state index contributed by atoms with van der Waals surface area (Å²) in [6, 6.07) is 4.05. The second-order valence-corrected chi connectivity index (χ2v) is 4.23. The number of nitrogens with two attached hydrogens (primary N) is 2. The first kappa shape index (κ1) is 10.8. The number of hydrogen-bond acceptors (Lipinski definition) is 3. The summed E-state index contributed by atoms with van der Waals surface area (Å²) in [5, 5.41) is -0.372. The molecule has 1 amide bonds. The first-order valence-electron chi connectivity index (χ1n) is 4.01. The topological polar surface area (TPSA) is 69.1 Å². The highest BCUT2D eigenvalue weighted by Gasteiger charge is 2.12. The number of primary amides is 1. The molecule has 1 aromatic carbocycles. The molecule has 0 saturated carbocycles. The molecule has 0 fully saturated rings. The molecule has 76 valence electrons. The fourth-order valence-corrected chi connectivity index (χ4v) is 1.71. The number of hydrogen-bond donors (Lipinski definition) is 2. The second kappa shape index (κ2) is 4.32. The number of nitrogen functional groups attached to an aromatic ring is 1. The van der Waals surface area contributed by atoms with Crippen molar-refractivity contribution in [2.45, 2.75) is 17.1 Å². The molecule has 3 nitrogen and oxygen atoms in total. The van der Waals surface area contributed by atoms with Crippen LogP contribution < -0.4 is 11.5 Å². The van der Waals surface area contributed by atoms with Gasteiger partial charge in [0.2, 0.25) is 5.91 Å². The highest BCUT2D eigenvalue weighted by atomic mass is 32.2. The van der Waals surface area contributed by atoms with Crippen molar-refractivity contribution >= 4 is 23.4 Å². The summed E-state index contributed by atoms with van der Waals surface area (Å²) in [5.41, 5.74) is 11.0. The summed E-state index contributed by atoms with van der Waals surface area (Å²) in [5.74, 6) is -0.808. The van der Waals surface area contributed by atoms with E-state index in [9.17, 15) is 9.18 Å². The predicted octanol–water partition coefficient (Wildman–Crippen LogP) is 1.37. The number of anilines is 1. The number of benzene rings is 1. The molecule has 0 saturated heterocycles. The molecule has 1 aromatic rings. The number of amides is 1. The minimum absolute atomic E-state index is 0.322. The molecule has 4 N–H and O–H groups in total. The van der Waals surface area contributed by atoms with Crippen molar-refractivity contribution in [3.8, 4) is 0 Å². The fourth-order valence-electron chi connectivity index (χ4n) is 0.875. The van der Waals surface area contributed by atoms with Gasteiger partial charge in [-0.25, -0.2) is 4.39 Å². The van der Waals surface area contributed by atoms with Gasteiger partial charge in [0.1, 0.15) is 5.82 Å². The zero-order valence-electron chi connectivity index (χ0n) is 7.66. The summed E-state index contributed by atoms with van der Waals surface area (Å²) in [7, 11) is 0. The van der Waals surface area contributed by atoms with Crippen LogP contribution in [0.25, 0.3) is 0 Å². The number of carbonyl (C=O) groups is 1. The Hall–Kier alpha value is -1.23. The van der Waals surface area contributed by atoms with E-state index in [1.807, 2.05) is 0 Å². The van der Waals surface area contributed by atoms with E-state index >= 15 is 0 Å². The van der Waals surface area contributed by atoms with Crippen LogP contribution in [-0.2, 0) is 4.79 Å². The molecule has 0 aliphatic carbocycles. The third-order valence-electron chi connectivity index (χ3n) is 1.68. The molecule has 0 aliphatic heterocycles. The van der Waals surface area contributed by atoms with Crippen molar-refractivity contribution in [2.75, 3.05) is 5.73 Å². The second-order valence-electron chi connectivity index (χ2n) is 2.84. The molecule has 0 bridgehead atoms. The van der Waals surface area contributed by atoms with Crippen LogP contribution in [0.5, 0.6) is 0 Å². The van der Waals surface area contributed by atoms with Gasteiger partial charge in [0.25, 0.3) is 0 Å². The molecular formula is C9H11FN2OS. The van der Waals surface area contributed by atoms with E-state index in [1.165, 1.54) is 30.0 Å². The first-order chi connectivity index (χ1) is 6.50. The van der Waals surface area contributed by atoms with Crippen LogP contribution in [0.15, 0.2) is 23.1 Å². The molecule has 0 aliphatic rings. The highest BCUT2D eigenvalue weighted by Crippen LogP contribution is 2.28. The average molecular weight is 214 g/mol. The van der Waals surface area contributed by atoms with Gasteiger partial charge in [-0.05, 0) is 25.1 Å². The molecule has 1 unspecified atom stereocenters. The lowest BCUT2D eigenvalue weighted by Gasteiger charge is -2.08. The van der Waals surface area contributed by atoms with Crippen LogP contribution in [0.1, 0.15) is 6.92 Å². The molecular weight excluding hydrogens is 203 g/mol. The normalized spacial score (nSPS) is 12.4. The molecule has 5 heteroatoms. The van der Waals surface area contributed by atoms with Gasteiger partial charge in [-0.3, -0.25) is 4.79 Å². The summed E-state index contributed by atoms with van der Waals surface area (Å²) in [6.45, 7) is 1.68. The summed E-state index contributed by atoms with van der Waals surface area (Å²) in [4.78, 5) is 11.4. The lowest BCUT2D eigenvalue weighted by molar-refractivity contribution is -0.117. The van der Waals surface area contributed by atoms with E-state index in [4.69, 9.17) is 11.5 Å². The SMILES string of the molecule is CC(Sc1ccc(F)cc1N)C(N)=O. The predicted molar refractivity (Wildman–Crippen MR) is 55.3 cm³/mol. The van der Waals surface area contributed by atoms with Gasteiger partial charge in [-0.15, -0.1) is 11.8 Å². The van der Waals surface area contributed by atoms with E-state index in [2.05, 4.69) is 0 Å². The Morgan fingerprint density at radius 2 is 2.21 bits per heavy atom. The van der Waals surface area contributed by atoms with Crippen LogP contribution in [0, 0.1) is 5.82 Å². The Balaban J connectivity index is 2.82. The summed E-state index contributed by atoms with van der Waals surface area (Å²) < 4.78 is 12.7. The lowest BCUT2D eigenvalue weighted by Crippen LogP contribution is -2.22. The van der Waals surface area contributed by atoms with E-state index < -0.39 is 11.7 Å². The molecule has 1 atom stereocenters. The van der Waals surface area contributed by atoms with Crippen LogP contribution in [0.2, 0.25) is 0 Å². The zero-order chi connectivity index (χ0) is 10.7. The van der Waals surface area contributed by atoms with Crippen LogP contribution in [-0.4, -0.2) is 11.2 Å². The molecule has 14 heavy (non-hydrogen) atoms. The molecule has 0 radical (unpaired) electrons. The Morgan fingerprint density at radius 1 is 1.57 bits per heavy atom. The third kappa shape index (κ3) is 2.63. The van der Waals surface area contributed by atoms with E-state index in [0.717, 1.165) is 0 Å². The largest absolute Gasteiger partial charge is 0.398 e. The van der Waals surface area contributed by atoms with E-state index in [-0.39, 0.29) is 5.25 Å². The van der Waals surface area contributed by atoms with Crippen molar-refractivity contribution < 1.29 is 9.18 Å². The Morgan fingerprint density at radius 3 is 2.71 bits per heavy atom. The minimum atomic E-state index is -0.418. The average Bonchev–Trinajstić information content (AvgIpc) is 2.09. The maximum Gasteiger partial charge on any atom is 0.230 e. The molecule has 0 aromatic heterocycles. The monoisotopic (exact) mass is 214 g/mol. The van der Waals surface area contributed by atoms with Crippen molar-refractivity contribution in [2.24, 2.45) is 5.73 Å². The third-order valence-corrected chi connectivity index (χ3v) is 2.89. The number of thioether (sulfide) groups is 1. The van der Waals surface area contributed by atoms with Gasteiger partial charge < -0.3 is 11.5 Å². The minimum Gasteiger partial charge on any atom is -0.398 e. The number of rotatable bonds is 3. The smallest absolute Gasteiger partial charge is 0.230 e. The van der Waals surface area contributed by atoms with Gasteiger partial charge in [-0.1, -0.05) is 0 Å². The molecule has 0 spiro atoms. The maximum atomic E-state index is 12.7. The lowest BCUT2D eigenvalue weighted by atomic mass is 10.3. The Kier molecular flexibility index (Phi) is 3.35. The highest BCUT2D eigenvalue weighted by molar-refractivity contribution is 8.00. The maximum absolute atomic E-state index is 12.7. The van der Waals surface area contributed by atoms with Gasteiger partial charge in [0.15, 0.2) is 0 Å².